The molecule has 0 amide bonds. The predicted molar refractivity (Wildman–Crippen MR) is 107 cm³/mol. The normalized spacial score (nSPS) is 10.9. The fourth-order valence-corrected chi connectivity index (χ4v) is 3.55. The number of hydrogen-bond donors (Lipinski definition) is 0. The van der Waals surface area contributed by atoms with Crippen molar-refractivity contribution in [2.24, 2.45) is 0 Å². The van der Waals surface area contributed by atoms with Crippen LogP contribution in [0.2, 0.25) is 0 Å². The molecule has 0 spiro atoms. The van der Waals surface area contributed by atoms with Crippen molar-refractivity contribution in [3.63, 3.8) is 0 Å². The largest absolute Gasteiger partial charge is 0.425 e. The first-order chi connectivity index (χ1) is 13.6. The molecule has 0 unspecified atom stereocenters. The molecule has 0 radical (unpaired) electrons. The Hall–Kier alpha value is -3.29. The van der Waals surface area contributed by atoms with Crippen molar-refractivity contribution in [1.29, 1.82) is 0 Å². The number of nitrogens with zero attached hydrogens (tertiary/aromatic N) is 1. The number of benzene rings is 2. The van der Waals surface area contributed by atoms with E-state index in [-0.39, 0.29) is 12.4 Å². The number of esters is 1. The monoisotopic (exact) mass is 393 g/mol. The zero-order valence-corrected chi connectivity index (χ0v) is 15.7. The standard InChI is InChI=1S/C21H15NO5S/c1-25-11-19(23)26-15-8-7-14-9-16(21(24)27-18(14)10-15)20-22-17(12-28-20)13-5-3-2-4-6-13/h2-10,12H,11H2,1H3. The first-order valence-corrected chi connectivity index (χ1v) is 9.31. The van der Waals surface area contributed by atoms with Crippen molar-refractivity contribution in [2.45, 2.75) is 0 Å². The summed E-state index contributed by atoms with van der Waals surface area (Å²) in [5.74, 6) is -0.247. The zero-order chi connectivity index (χ0) is 19.5. The van der Waals surface area contributed by atoms with Gasteiger partial charge in [0.05, 0.1) is 11.3 Å². The Labute approximate surface area is 164 Å². The molecule has 0 aliphatic rings. The molecule has 6 nitrogen and oxygen atoms in total. The number of thiazole rings is 1. The highest BCUT2D eigenvalue weighted by Crippen LogP contribution is 2.29. The van der Waals surface area contributed by atoms with E-state index in [1.54, 1.807) is 18.2 Å². The van der Waals surface area contributed by atoms with Crippen molar-refractivity contribution in [3.8, 4) is 27.6 Å². The van der Waals surface area contributed by atoms with E-state index in [9.17, 15) is 9.59 Å². The van der Waals surface area contributed by atoms with Gasteiger partial charge in [0.2, 0.25) is 0 Å². The maximum absolute atomic E-state index is 12.5. The van der Waals surface area contributed by atoms with Crippen LogP contribution in [0.4, 0.5) is 0 Å². The second kappa shape index (κ2) is 7.75. The summed E-state index contributed by atoms with van der Waals surface area (Å²) in [6.45, 7) is -0.158. The van der Waals surface area contributed by atoms with Crippen LogP contribution >= 0.6 is 11.3 Å². The van der Waals surface area contributed by atoms with Crippen molar-refractivity contribution >= 4 is 28.3 Å². The van der Waals surface area contributed by atoms with Gasteiger partial charge in [0.1, 0.15) is 22.9 Å². The molecule has 2 heterocycles. The Morgan fingerprint density at radius 1 is 1.14 bits per heavy atom. The molecule has 0 aliphatic carbocycles. The minimum absolute atomic E-state index is 0.158. The number of carbonyl (C=O) groups is 1. The van der Waals surface area contributed by atoms with Gasteiger partial charge < -0.3 is 13.9 Å². The summed E-state index contributed by atoms with van der Waals surface area (Å²) in [7, 11) is 1.41. The Bertz CT molecular complexity index is 1200. The molecule has 4 aromatic rings. The summed E-state index contributed by atoms with van der Waals surface area (Å²) in [6, 6.07) is 16.4. The number of hydrogen-bond acceptors (Lipinski definition) is 7. The van der Waals surface area contributed by atoms with Gasteiger partial charge in [-0.05, 0) is 18.2 Å². The highest BCUT2D eigenvalue weighted by Gasteiger charge is 2.14. The molecule has 0 saturated carbocycles. The number of methoxy groups -OCH3 is 1. The molecular formula is C21H15NO5S. The molecule has 140 valence electrons. The minimum Gasteiger partial charge on any atom is -0.425 e. The van der Waals surface area contributed by atoms with Crippen LogP contribution in [0.25, 0.3) is 32.8 Å². The fourth-order valence-electron chi connectivity index (χ4n) is 2.72. The molecule has 0 aliphatic heterocycles. The minimum atomic E-state index is -0.531. The Morgan fingerprint density at radius 2 is 1.96 bits per heavy atom. The van der Waals surface area contributed by atoms with Crippen LogP contribution in [0, 0.1) is 0 Å². The lowest BCUT2D eigenvalue weighted by molar-refractivity contribution is -0.138. The molecule has 28 heavy (non-hydrogen) atoms. The predicted octanol–water partition coefficient (Wildman–Crippen LogP) is 4.14. The molecule has 7 heteroatoms. The Balaban J connectivity index is 1.67. The van der Waals surface area contributed by atoms with E-state index in [0.717, 1.165) is 11.3 Å². The quantitative estimate of drug-likeness (QED) is 0.288. The van der Waals surface area contributed by atoms with E-state index in [1.165, 1.54) is 24.5 Å². The molecule has 0 fully saturated rings. The smallest absolute Gasteiger partial charge is 0.346 e. The first-order valence-electron chi connectivity index (χ1n) is 8.43. The molecule has 4 rings (SSSR count). The number of fused-ring (bicyclic) bond motifs is 1. The van der Waals surface area contributed by atoms with Gasteiger partial charge in [0, 0.05) is 29.5 Å². The third-order valence-corrected chi connectivity index (χ3v) is 4.88. The lowest BCUT2D eigenvalue weighted by atomic mass is 10.1. The SMILES string of the molecule is COCC(=O)Oc1ccc2cc(-c3nc(-c4ccccc4)cs3)c(=O)oc2c1. The average Bonchev–Trinajstić information content (AvgIpc) is 3.18. The van der Waals surface area contributed by atoms with Gasteiger partial charge in [-0.1, -0.05) is 30.3 Å². The van der Waals surface area contributed by atoms with E-state index < -0.39 is 11.6 Å². The Morgan fingerprint density at radius 3 is 2.75 bits per heavy atom. The molecule has 2 aromatic carbocycles. The third kappa shape index (κ3) is 3.71. The third-order valence-electron chi connectivity index (χ3n) is 4.01. The summed E-state index contributed by atoms with van der Waals surface area (Å²) in [5.41, 5.74) is 2.01. The van der Waals surface area contributed by atoms with Crippen LogP contribution in [0.15, 0.2) is 69.2 Å². The molecule has 0 saturated heterocycles. The van der Waals surface area contributed by atoms with E-state index in [1.807, 2.05) is 35.7 Å². The van der Waals surface area contributed by atoms with Crippen LogP contribution in [-0.4, -0.2) is 24.7 Å². The second-order valence-electron chi connectivity index (χ2n) is 5.96. The van der Waals surface area contributed by atoms with Crippen molar-refractivity contribution in [1.82, 2.24) is 4.98 Å². The lowest BCUT2D eigenvalue weighted by Crippen LogP contribution is -2.14. The molecule has 2 aromatic heterocycles. The number of carbonyl (C=O) groups excluding carboxylic acids is 1. The molecule has 0 atom stereocenters. The van der Waals surface area contributed by atoms with Gasteiger partial charge in [0.15, 0.2) is 0 Å². The summed E-state index contributed by atoms with van der Waals surface area (Å²) >= 11 is 1.38. The topological polar surface area (TPSA) is 78.6 Å². The highest BCUT2D eigenvalue weighted by molar-refractivity contribution is 7.13. The van der Waals surface area contributed by atoms with Crippen LogP contribution in [0.1, 0.15) is 0 Å². The van der Waals surface area contributed by atoms with Gasteiger partial charge in [0.25, 0.3) is 0 Å². The first kappa shape index (κ1) is 18.1. The van der Waals surface area contributed by atoms with Crippen LogP contribution in [0.3, 0.4) is 0 Å². The van der Waals surface area contributed by atoms with Crippen LogP contribution in [0.5, 0.6) is 5.75 Å². The summed E-state index contributed by atoms with van der Waals surface area (Å²) in [4.78, 5) is 28.6. The van der Waals surface area contributed by atoms with Gasteiger partial charge >= 0.3 is 11.6 Å². The highest BCUT2D eigenvalue weighted by atomic mass is 32.1. The summed E-state index contributed by atoms with van der Waals surface area (Å²) < 4.78 is 15.3. The zero-order valence-electron chi connectivity index (χ0n) is 14.9. The van der Waals surface area contributed by atoms with Crippen LogP contribution < -0.4 is 10.4 Å². The van der Waals surface area contributed by atoms with Gasteiger partial charge in [-0.15, -0.1) is 11.3 Å². The van der Waals surface area contributed by atoms with Crippen molar-refractivity contribution < 1.29 is 18.7 Å². The molecule has 0 N–H and O–H groups in total. The Kier molecular flexibility index (Phi) is 5.01. The maximum Gasteiger partial charge on any atom is 0.346 e. The van der Waals surface area contributed by atoms with Gasteiger partial charge in [-0.3, -0.25) is 0 Å². The lowest BCUT2D eigenvalue weighted by Gasteiger charge is -2.05. The maximum atomic E-state index is 12.5. The second-order valence-corrected chi connectivity index (χ2v) is 6.82. The molecular weight excluding hydrogens is 378 g/mol. The van der Waals surface area contributed by atoms with E-state index in [4.69, 9.17) is 13.9 Å². The average molecular weight is 393 g/mol. The van der Waals surface area contributed by atoms with Crippen LogP contribution in [-0.2, 0) is 9.53 Å². The number of ether oxygens (including phenoxy) is 2. The fraction of sp³-hybridized carbons (Fsp3) is 0.0952. The summed E-state index contributed by atoms with van der Waals surface area (Å²) in [6.07, 6.45) is 0. The van der Waals surface area contributed by atoms with E-state index in [0.29, 0.717) is 21.5 Å². The van der Waals surface area contributed by atoms with Crippen molar-refractivity contribution in [3.05, 3.63) is 70.4 Å². The van der Waals surface area contributed by atoms with Crippen molar-refractivity contribution in [2.75, 3.05) is 13.7 Å². The number of rotatable bonds is 5. The van der Waals surface area contributed by atoms with E-state index in [2.05, 4.69) is 4.98 Å². The molecule has 0 bridgehead atoms. The van der Waals surface area contributed by atoms with Gasteiger partial charge in [-0.25, -0.2) is 14.6 Å². The van der Waals surface area contributed by atoms with E-state index >= 15 is 0 Å². The summed E-state index contributed by atoms with van der Waals surface area (Å²) in [5, 5.41) is 3.20. The number of aromatic nitrogens is 1. The van der Waals surface area contributed by atoms with Gasteiger partial charge in [-0.2, -0.15) is 0 Å².